The minimum Gasteiger partial charge on any atom is -0.322 e. The Balaban J connectivity index is 1.54. The fourth-order valence-electron chi connectivity index (χ4n) is 2.85. The van der Waals surface area contributed by atoms with Crippen molar-refractivity contribution in [3.63, 3.8) is 0 Å². The number of fused-ring (bicyclic) bond motifs is 1. The molecule has 0 saturated carbocycles. The number of hydrogen-bond acceptors (Lipinski definition) is 4. The number of imide groups is 1. The van der Waals surface area contributed by atoms with Crippen LogP contribution >= 0.6 is 0 Å². The van der Waals surface area contributed by atoms with Crippen LogP contribution in [0.25, 0.3) is 0 Å². The van der Waals surface area contributed by atoms with Crippen molar-refractivity contribution in [1.82, 2.24) is 9.80 Å². The highest BCUT2D eigenvalue weighted by Crippen LogP contribution is 2.22. The number of likely N-dealkylation sites (N-methyl/N-ethyl adjacent to an activating group) is 1. The minimum absolute atomic E-state index is 0.0651. The van der Waals surface area contributed by atoms with Crippen LogP contribution in [-0.2, 0) is 4.79 Å². The third-order valence-electron chi connectivity index (χ3n) is 4.31. The molecule has 3 rings (SSSR count). The lowest BCUT2D eigenvalue weighted by atomic mass is 10.1. The monoisotopic (exact) mass is 391 g/mol. The van der Waals surface area contributed by atoms with Crippen LogP contribution in [-0.4, -0.2) is 54.2 Å². The second-order valence-electron chi connectivity index (χ2n) is 6.32. The Hall–Kier alpha value is -3.20. The first-order valence-corrected chi connectivity index (χ1v) is 8.36. The zero-order chi connectivity index (χ0) is 20.4. The molecule has 2 aromatic rings. The van der Waals surface area contributed by atoms with Gasteiger partial charge in [-0.15, -0.1) is 0 Å². The van der Waals surface area contributed by atoms with E-state index < -0.39 is 40.9 Å². The van der Waals surface area contributed by atoms with Crippen molar-refractivity contribution in [1.29, 1.82) is 0 Å². The number of amides is 3. The molecule has 9 heteroatoms. The van der Waals surface area contributed by atoms with Crippen LogP contribution in [0.1, 0.15) is 20.7 Å². The van der Waals surface area contributed by atoms with E-state index in [1.54, 1.807) is 31.3 Å². The summed E-state index contributed by atoms with van der Waals surface area (Å²) in [5.41, 5.74) is 0.195. The van der Waals surface area contributed by atoms with Crippen molar-refractivity contribution in [2.24, 2.45) is 0 Å². The molecule has 6 nitrogen and oxygen atoms in total. The average molecular weight is 391 g/mol. The molecule has 0 unspecified atom stereocenters. The van der Waals surface area contributed by atoms with Crippen LogP contribution in [0.5, 0.6) is 0 Å². The van der Waals surface area contributed by atoms with Gasteiger partial charge in [0.05, 0.1) is 23.4 Å². The van der Waals surface area contributed by atoms with Crippen molar-refractivity contribution in [2.45, 2.75) is 0 Å². The molecule has 146 valence electrons. The topological polar surface area (TPSA) is 69.7 Å². The predicted molar refractivity (Wildman–Crippen MR) is 94.3 cm³/mol. The van der Waals surface area contributed by atoms with Gasteiger partial charge in [-0.25, -0.2) is 13.2 Å². The van der Waals surface area contributed by atoms with E-state index in [4.69, 9.17) is 0 Å². The predicted octanol–water partition coefficient (Wildman–Crippen LogP) is 2.27. The molecule has 0 spiro atoms. The minimum atomic E-state index is -1.67. The van der Waals surface area contributed by atoms with Crippen LogP contribution in [0.4, 0.5) is 18.9 Å². The van der Waals surface area contributed by atoms with Crippen LogP contribution in [0, 0.1) is 17.5 Å². The molecule has 0 radical (unpaired) electrons. The molecule has 0 atom stereocenters. The van der Waals surface area contributed by atoms with Gasteiger partial charge in [-0.3, -0.25) is 24.2 Å². The third kappa shape index (κ3) is 3.74. The van der Waals surface area contributed by atoms with Gasteiger partial charge in [0.2, 0.25) is 5.91 Å². The molecule has 0 bridgehead atoms. The number of carbonyl (C=O) groups excluding carboxylic acids is 3. The average Bonchev–Trinajstić information content (AvgIpc) is 2.91. The van der Waals surface area contributed by atoms with Gasteiger partial charge in [0.15, 0.2) is 17.5 Å². The van der Waals surface area contributed by atoms with Crippen molar-refractivity contribution >= 4 is 23.4 Å². The molecule has 0 fully saturated rings. The Morgan fingerprint density at radius 3 is 2.21 bits per heavy atom. The second-order valence-corrected chi connectivity index (χ2v) is 6.32. The maximum absolute atomic E-state index is 13.6. The Bertz CT molecular complexity index is 930. The summed E-state index contributed by atoms with van der Waals surface area (Å²) in [5, 5.41) is 2.16. The summed E-state index contributed by atoms with van der Waals surface area (Å²) < 4.78 is 39.7. The van der Waals surface area contributed by atoms with E-state index in [9.17, 15) is 27.6 Å². The summed E-state index contributed by atoms with van der Waals surface area (Å²) in [5.74, 6) is -5.97. The number of nitrogens with zero attached hydrogens (tertiary/aromatic N) is 2. The molecule has 28 heavy (non-hydrogen) atoms. The van der Waals surface area contributed by atoms with Gasteiger partial charge in [0, 0.05) is 13.1 Å². The lowest BCUT2D eigenvalue weighted by molar-refractivity contribution is -0.117. The number of benzene rings is 2. The van der Waals surface area contributed by atoms with Crippen LogP contribution < -0.4 is 5.32 Å². The standard InChI is InChI=1S/C19H16F3N3O3/c1-24(10-15(26)23-14-7-6-13(20)16(21)17(14)22)8-9-25-18(27)11-4-2-3-5-12(11)19(25)28/h2-7H,8-10H2,1H3,(H,23,26). The molecule has 1 N–H and O–H groups in total. The Morgan fingerprint density at radius 1 is 1.00 bits per heavy atom. The van der Waals surface area contributed by atoms with Gasteiger partial charge in [0.1, 0.15) is 0 Å². The summed E-state index contributed by atoms with van der Waals surface area (Å²) in [6.07, 6.45) is 0. The van der Waals surface area contributed by atoms with Crippen LogP contribution in [0.3, 0.4) is 0 Å². The van der Waals surface area contributed by atoms with Crippen molar-refractivity contribution in [3.05, 3.63) is 65.0 Å². The number of halogens is 3. The normalized spacial score (nSPS) is 13.2. The van der Waals surface area contributed by atoms with E-state index in [1.807, 2.05) is 0 Å². The zero-order valence-electron chi connectivity index (χ0n) is 14.8. The molecular weight excluding hydrogens is 375 g/mol. The highest BCUT2D eigenvalue weighted by atomic mass is 19.2. The van der Waals surface area contributed by atoms with E-state index in [1.165, 1.54) is 4.90 Å². The van der Waals surface area contributed by atoms with Crippen molar-refractivity contribution in [3.8, 4) is 0 Å². The lowest BCUT2D eigenvalue weighted by Gasteiger charge is -2.20. The Kier molecular flexibility index (Phi) is 5.46. The van der Waals surface area contributed by atoms with Crippen molar-refractivity contribution < 1.29 is 27.6 Å². The largest absolute Gasteiger partial charge is 0.322 e. The summed E-state index contributed by atoms with van der Waals surface area (Å²) >= 11 is 0. The first-order chi connectivity index (χ1) is 13.3. The maximum atomic E-state index is 13.6. The van der Waals surface area contributed by atoms with Crippen LogP contribution in [0.2, 0.25) is 0 Å². The first-order valence-electron chi connectivity index (χ1n) is 8.36. The SMILES string of the molecule is CN(CCN1C(=O)c2ccccc2C1=O)CC(=O)Nc1ccc(F)c(F)c1F. The fourth-order valence-corrected chi connectivity index (χ4v) is 2.85. The number of nitrogens with one attached hydrogen (secondary N) is 1. The molecule has 1 heterocycles. The Labute approximate surface area is 158 Å². The summed E-state index contributed by atoms with van der Waals surface area (Å²) in [6, 6.07) is 8.11. The van der Waals surface area contributed by atoms with Gasteiger partial charge in [-0.2, -0.15) is 0 Å². The molecule has 0 aromatic heterocycles. The molecule has 1 aliphatic heterocycles. The van der Waals surface area contributed by atoms with Gasteiger partial charge < -0.3 is 5.32 Å². The fraction of sp³-hybridized carbons (Fsp3) is 0.211. The first kappa shape index (κ1) is 19.6. The zero-order valence-corrected chi connectivity index (χ0v) is 14.8. The molecule has 1 aliphatic rings. The molecule has 3 amide bonds. The smallest absolute Gasteiger partial charge is 0.261 e. The van der Waals surface area contributed by atoms with Crippen LogP contribution in [0.15, 0.2) is 36.4 Å². The van der Waals surface area contributed by atoms with Gasteiger partial charge in [-0.1, -0.05) is 12.1 Å². The van der Waals surface area contributed by atoms with Gasteiger partial charge in [0.25, 0.3) is 11.8 Å². The Morgan fingerprint density at radius 2 is 1.61 bits per heavy atom. The van der Waals surface area contributed by atoms with Crippen molar-refractivity contribution in [2.75, 3.05) is 32.0 Å². The second kappa shape index (κ2) is 7.81. The summed E-state index contributed by atoms with van der Waals surface area (Å²) in [6.45, 7) is 0.0520. The van der Waals surface area contributed by atoms with Gasteiger partial charge >= 0.3 is 0 Å². The number of hydrogen-bond donors (Lipinski definition) is 1. The summed E-state index contributed by atoms with van der Waals surface area (Å²) in [7, 11) is 1.57. The molecule has 2 aromatic carbocycles. The molecule has 0 aliphatic carbocycles. The highest BCUT2D eigenvalue weighted by Gasteiger charge is 2.34. The number of rotatable bonds is 6. The quantitative estimate of drug-likeness (QED) is 0.606. The number of anilines is 1. The number of carbonyl (C=O) groups is 3. The van der Waals surface area contributed by atoms with E-state index in [0.717, 1.165) is 11.0 Å². The van der Waals surface area contributed by atoms with E-state index in [0.29, 0.717) is 17.2 Å². The third-order valence-corrected chi connectivity index (χ3v) is 4.31. The maximum Gasteiger partial charge on any atom is 0.261 e. The molecule has 0 saturated heterocycles. The van der Waals surface area contributed by atoms with Gasteiger partial charge in [-0.05, 0) is 31.3 Å². The highest BCUT2D eigenvalue weighted by molar-refractivity contribution is 6.21. The molecular formula is C19H16F3N3O3. The summed E-state index contributed by atoms with van der Waals surface area (Å²) in [4.78, 5) is 39.2. The lowest BCUT2D eigenvalue weighted by Crippen LogP contribution is -2.39. The van der Waals surface area contributed by atoms with E-state index in [-0.39, 0.29) is 19.6 Å². The van der Waals surface area contributed by atoms with E-state index in [2.05, 4.69) is 5.32 Å². The van der Waals surface area contributed by atoms with E-state index >= 15 is 0 Å².